The van der Waals surface area contributed by atoms with Crippen LogP contribution < -0.4 is 5.32 Å². The van der Waals surface area contributed by atoms with E-state index in [4.69, 9.17) is 14.6 Å². The number of ether oxygens (including phenoxy) is 2. The van der Waals surface area contributed by atoms with Crippen LogP contribution in [0.2, 0.25) is 0 Å². The standard InChI is InChI=1S/C11H21NO5/c1-11(8-17-3,10(14)15)12-9(13)6-4-5-7-16-2/h4-8H2,1-3H3,(H,12,13)(H,14,15). The smallest absolute Gasteiger partial charge is 0.331 e. The molecule has 1 atom stereocenters. The van der Waals surface area contributed by atoms with E-state index in [2.05, 4.69) is 5.32 Å². The van der Waals surface area contributed by atoms with Crippen LogP contribution in [0.25, 0.3) is 0 Å². The first kappa shape index (κ1) is 15.9. The molecule has 6 nitrogen and oxygen atoms in total. The Morgan fingerprint density at radius 3 is 2.35 bits per heavy atom. The number of carboxylic acids is 1. The Labute approximate surface area is 101 Å². The molecule has 0 aromatic rings. The highest BCUT2D eigenvalue weighted by Gasteiger charge is 2.34. The molecule has 0 aliphatic carbocycles. The fourth-order valence-electron chi connectivity index (χ4n) is 1.34. The van der Waals surface area contributed by atoms with Crippen molar-refractivity contribution in [1.29, 1.82) is 0 Å². The largest absolute Gasteiger partial charge is 0.479 e. The van der Waals surface area contributed by atoms with Crippen molar-refractivity contribution in [2.45, 2.75) is 31.7 Å². The number of carbonyl (C=O) groups excluding carboxylic acids is 1. The predicted octanol–water partition coefficient (Wildman–Crippen LogP) is 0.409. The predicted molar refractivity (Wildman–Crippen MR) is 61.8 cm³/mol. The van der Waals surface area contributed by atoms with E-state index in [9.17, 15) is 9.59 Å². The summed E-state index contributed by atoms with van der Waals surface area (Å²) >= 11 is 0. The van der Waals surface area contributed by atoms with E-state index in [0.29, 0.717) is 13.0 Å². The molecule has 0 aromatic heterocycles. The minimum Gasteiger partial charge on any atom is -0.479 e. The number of rotatable bonds is 9. The summed E-state index contributed by atoms with van der Waals surface area (Å²) in [5, 5.41) is 11.5. The Bertz CT molecular complexity index is 256. The van der Waals surface area contributed by atoms with Crippen molar-refractivity contribution in [3.63, 3.8) is 0 Å². The number of methoxy groups -OCH3 is 2. The molecule has 17 heavy (non-hydrogen) atoms. The number of carbonyl (C=O) groups is 2. The summed E-state index contributed by atoms with van der Waals surface area (Å²) in [5.41, 5.74) is -1.37. The molecule has 2 N–H and O–H groups in total. The van der Waals surface area contributed by atoms with Gasteiger partial charge < -0.3 is 19.9 Å². The highest BCUT2D eigenvalue weighted by Crippen LogP contribution is 2.06. The quantitative estimate of drug-likeness (QED) is 0.576. The molecule has 1 amide bonds. The van der Waals surface area contributed by atoms with Crippen LogP contribution in [0.15, 0.2) is 0 Å². The van der Waals surface area contributed by atoms with Gasteiger partial charge in [0, 0.05) is 27.2 Å². The van der Waals surface area contributed by atoms with E-state index >= 15 is 0 Å². The van der Waals surface area contributed by atoms with Gasteiger partial charge in [0.25, 0.3) is 0 Å². The van der Waals surface area contributed by atoms with Crippen LogP contribution in [0.4, 0.5) is 0 Å². The maximum absolute atomic E-state index is 11.5. The number of carboxylic acid groups (broad SMARTS) is 1. The first-order chi connectivity index (χ1) is 7.96. The highest BCUT2D eigenvalue weighted by molar-refractivity contribution is 5.86. The van der Waals surface area contributed by atoms with Crippen molar-refractivity contribution in [3.8, 4) is 0 Å². The Morgan fingerprint density at radius 1 is 1.24 bits per heavy atom. The van der Waals surface area contributed by atoms with Crippen LogP contribution in [0, 0.1) is 0 Å². The van der Waals surface area contributed by atoms with Crippen molar-refractivity contribution >= 4 is 11.9 Å². The third-order valence-electron chi connectivity index (χ3n) is 2.32. The number of aliphatic carboxylic acids is 1. The number of unbranched alkanes of at least 4 members (excludes halogenated alkanes) is 1. The van der Waals surface area contributed by atoms with Gasteiger partial charge in [-0.2, -0.15) is 0 Å². The van der Waals surface area contributed by atoms with Crippen molar-refractivity contribution < 1.29 is 24.2 Å². The molecule has 0 radical (unpaired) electrons. The third kappa shape index (κ3) is 6.23. The second-order valence-corrected chi connectivity index (χ2v) is 4.07. The fourth-order valence-corrected chi connectivity index (χ4v) is 1.34. The molecule has 6 heteroatoms. The normalized spacial score (nSPS) is 14.1. The lowest BCUT2D eigenvalue weighted by Crippen LogP contribution is -2.55. The van der Waals surface area contributed by atoms with Gasteiger partial charge in [0.1, 0.15) is 0 Å². The molecule has 0 rings (SSSR count). The third-order valence-corrected chi connectivity index (χ3v) is 2.32. The summed E-state index contributed by atoms with van der Waals surface area (Å²) in [6.45, 7) is 1.96. The van der Waals surface area contributed by atoms with Crippen molar-refractivity contribution in [3.05, 3.63) is 0 Å². The summed E-state index contributed by atoms with van der Waals surface area (Å²) in [7, 11) is 2.99. The molecule has 0 heterocycles. The van der Waals surface area contributed by atoms with Crippen LogP contribution in [-0.4, -0.2) is 50.0 Å². The molecule has 0 bridgehead atoms. The van der Waals surface area contributed by atoms with Crippen molar-refractivity contribution in [2.24, 2.45) is 0 Å². The monoisotopic (exact) mass is 247 g/mol. The molecule has 0 spiro atoms. The van der Waals surface area contributed by atoms with Gasteiger partial charge in [-0.15, -0.1) is 0 Å². The zero-order valence-corrected chi connectivity index (χ0v) is 10.6. The number of amides is 1. The Morgan fingerprint density at radius 2 is 1.88 bits per heavy atom. The van der Waals surface area contributed by atoms with Crippen LogP contribution in [0.3, 0.4) is 0 Å². The van der Waals surface area contributed by atoms with E-state index in [-0.39, 0.29) is 18.9 Å². The van der Waals surface area contributed by atoms with Gasteiger partial charge >= 0.3 is 5.97 Å². The van der Waals surface area contributed by atoms with E-state index < -0.39 is 11.5 Å². The number of hydrogen-bond acceptors (Lipinski definition) is 4. The van der Waals surface area contributed by atoms with Gasteiger partial charge in [0.2, 0.25) is 5.91 Å². The lowest BCUT2D eigenvalue weighted by atomic mass is 10.0. The summed E-state index contributed by atoms with van der Waals surface area (Å²) in [5.74, 6) is -1.40. The lowest BCUT2D eigenvalue weighted by molar-refractivity contribution is -0.149. The molecule has 0 saturated carbocycles. The summed E-state index contributed by atoms with van der Waals surface area (Å²) in [4.78, 5) is 22.5. The van der Waals surface area contributed by atoms with E-state index in [0.717, 1.165) is 6.42 Å². The maximum Gasteiger partial charge on any atom is 0.331 e. The molecule has 0 aliphatic rings. The zero-order chi connectivity index (χ0) is 13.3. The Balaban J connectivity index is 4.09. The Hall–Kier alpha value is -1.14. The molecule has 0 aromatic carbocycles. The van der Waals surface area contributed by atoms with Gasteiger partial charge in [0.05, 0.1) is 6.61 Å². The van der Waals surface area contributed by atoms with Crippen molar-refractivity contribution in [2.75, 3.05) is 27.4 Å². The molecule has 0 aliphatic heterocycles. The van der Waals surface area contributed by atoms with Crippen LogP contribution in [-0.2, 0) is 19.1 Å². The molecule has 0 fully saturated rings. The highest BCUT2D eigenvalue weighted by atomic mass is 16.5. The summed E-state index contributed by atoms with van der Waals surface area (Å²) < 4.78 is 9.65. The molecular formula is C11H21NO5. The van der Waals surface area contributed by atoms with Gasteiger partial charge in [0.15, 0.2) is 5.54 Å². The maximum atomic E-state index is 11.5. The fraction of sp³-hybridized carbons (Fsp3) is 0.818. The summed E-state index contributed by atoms with van der Waals surface area (Å²) in [6.07, 6.45) is 1.73. The average Bonchev–Trinajstić information content (AvgIpc) is 2.24. The molecule has 0 saturated heterocycles. The lowest BCUT2D eigenvalue weighted by Gasteiger charge is -2.25. The van der Waals surface area contributed by atoms with Gasteiger partial charge in [-0.25, -0.2) is 4.79 Å². The minimum absolute atomic E-state index is 0.0633. The van der Waals surface area contributed by atoms with E-state index in [1.54, 1.807) is 7.11 Å². The SMILES string of the molecule is COCCCCC(=O)NC(C)(COC)C(=O)O. The van der Waals surface area contributed by atoms with E-state index in [1.165, 1.54) is 14.0 Å². The van der Waals surface area contributed by atoms with Crippen LogP contribution in [0.5, 0.6) is 0 Å². The van der Waals surface area contributed by atoms with Gasteiger partial charge in [-0.1, -0.05) is 0 Å². The van der Waals surface area contributed by atoms with Crippen LogP contribution >= 0.6 is 0 Å². The van der Waals surface area contributed by atoms with Crippen LogP contribution in [0.1, 0.15) is 26.2 Å². The molecular weight excluding hydrogens is 226 g/mol. The number of nitrogens with one attached hydrogen (secondary N) is 1. The molecule has 1 unspecified atom stereocenters. The first-order valence-electron chi connectivity index (χ1n) is 5.48. The summed E-state index contributed by atoms with van der Waals surface area (Å²) in [6, 6.07) is 0. The van der Waals surface area contributed by atoms with E-state index in [1.807, 2.05) is 0 Å². The number of hydrogen-bond donors (Lipinski definition) is 2. The molecule has 100 valence electrons. The second-order valence-electron chi connectivity index (χ2n) is 4.07. The average molecular weight is 247 g/mol. The Kier molecular flexibility index (Phi) is 7.49. The second kappa shape index (κ2) is 8.03. The van der Waals surface area contributed by atoms with Crippen molar-refractivity contribution in [1.82, 2.24) is 5.32 Å². The van der Waals surface area contributed by atoms with Gasteiger partial charge in [-0.05, 0) is 19.8 Å². The first-order valence-corrected chi connectivity index (χ1v) is 5.48. The minimum atomic E-state index is -1.37. The van der Waals surface area contributed by atoms with Gasteiger partial charge in [-0.3, -0.25) is 4.79 Å². The zero-order valence-electron chi connectivity index (χ0n) is 10.6. The topological polar surface area (TPSA) is 84.9 Å².